The van der Waals surface area contributed by atoms with Gasteiger partial charge in [0.2, 0.25) is 11.8 Å². The van der Waals surface area contributed by atoms with E-state index in [4.69, 9.17) is 9.47 Å². The van der Waals surface area contributed by atoms with E-state index >= 15 is 0 Å². The third kappa shape index (κ3) is 3.98. The van der Waals surface area contributed by atoms with Gasteiger partial charge in [-0.15, -0.1) is 0 Å². The molecule has 1 aliphatic rings. The Morgan fingerprint density at radius 2 is 1.71 bits per heavy atom. The van der Waals surface area contributed by atoms with Crippen molar-refractivity contribution in [3.63, 3.8) is 0 Å². The number of hydrogen-bond donors (Lipinski definition) is 2. The van der Waals surface area contributed by atoms with Crippen LogP contribution in [-0.2, 0) is 19.1 Å². The molecule has 0 aromatic heterocycles. The number of carbonyl (C=O) groups excluding carboxylic acids is 2. The molecule has 0 aromatic rings. The molecule has 0 radical (unpaired) electrons. The van der Waals surface area contributed by atoms with Gasteiger partial charge in [-0.25, -0.2) is 0 Å². The highest BCUT2D eigenvalue weighted by Gasteiger charge is 2.36. The van der Waals surface area contributed by atoms with Crippen molar-refractivity contribution in [2.45, 2.75) is 51.7 Å². The molecule has 0 bridgehead atoms. The van der Waals surface area contributed by atoms with Gasteiger partial charge in [0.25, 0.3) is 0 Å². The van der Waals surface area contributed by atoms with E-state index in [1.54, 1.807) is 0 Å². The van der Waals surface area contributed by atoms with Gasteiger partial charge in [0.05, 0.1) is 18.2 Å². The molecule has 0 aliphatic carbocycles. The van der Waals surface area contributed by atoms with E-state index in [0.717, 1.165) is 0 Å². The molecule has 6 heteroatoms. The van der Waals surface area contributed by atoms with Crippen LogP contribution in [0.5, 0.6) is 0 Å². The Kier molecular flexibility index (Phi) is 4.89. The zero-order chi connectivity index (χ0) is 13.0. The Morgan fingerprint density at radius 3 is 2.18 bits per heavy atom. The molecule has 4 atom stereocenters. The van der Waals surface area contributed by atoms with Crippen molar-refractivity contribution in [2.75, 3.05) is 7.11 Å². The van der Waals surface area contributed by atoms with Crippen LogP contribution in [0.15, 0.2) is 0 Å². The summed E-state index contributed by atoms with van der Waals surface area (Å²) in [5.74, 6) is -0.250. The summed E-state index contributed by atoms with van der Waals surface area (Å²) in [6.07, 6.45) is -0.0217. The third-order valence-corrected chi connectivity index (χ3v) is 2.76. The summed E-state index contributed by atoms with van der Waals surface area (Å²) in [5, 5.41) is 5.57. The highest BCUT2D eigenvalue weighted by molar-refractivity contribution is 5.74. The van der Waals surface area contributed by atoms with E-state index in [9.17, 15) is 9.59 Å². The minimum Gasteiger partial charge on any atom is -0.354 e. The van der Waals surface area contributed by atoms with Crippen molar-refractivity contribution >= 4 is 11.8 Å². The van der Waals surface area contributed by atoms with Gasteiger partial charge in [0.15, 0.2) is 6.29 Å². The number of hydrogen-bond acceptors (Lipinski definition) is 4. The molecule has 2 amide bonds. The summed E-state index contributed by atoms with van der Waals surface area (Å²) in [7, 11) is 1.53. The molecule has 1 fully saturated rings. The zero-order valence-electron chi connectivity index (χ0n) is 10.6. The molecular formula is C11H20N2O4. The minimum absolute atomic E-state index is 0.108. The van der Waals surface area contributed by atoms with Gasteiger partial charge < -0.3 is 20.1 Å². The minimum atomic E-state index is -0.473. The predicted octanol–water partition coefficient (Wildman–Crippen LogP) is -0.223. The van der Waals surface area contributed by atoms with Crippen LogP contribution in [0.3, 0.4) is 0 Å². The summed E-state index contributed by atoms with van der Waals surface area (Å²) < 4.78 is 10.8. The summed E-state index contributed by atoms with van der Waals surface area (Å²) in [6.45, 7) is 4.78. The van der Waals surface area contributed by atoms with Crippen LogP contribution in [0.2, 0.25) is 0 Å². The van der Waals surface area contributed by atoms with Crippen molar-refractivity contribution < 1.29 is 19.1 Å². The van der Waals surface area contributed by atoms with Crippen LogP contribution < -0.4 is 10.6 Å². The monoisotopic (exact) mass is 244 g/mol. The molecule has 17 heavy (non-hydrogen) atoms. The maximum Gasteiger partial charge on any atom is 0.217 e. The highest BCUT2D eigenvalue weighted by Crippen LogP contribution is 2.20. The highest BCUT2D eigenvalue weighted by atomic mass is 16.7. The second-order valence-electron chi connectivity index (χ2n) is 4.30. The maximum atomic E-state index is 11.1. The topological polar surface area (TPSA) is 76.7 Å². The number of amides is 2. The molecular weight excluding hydrogens is 224 g/mol. The molecule has 1 aliphatic heterocycles. The van der Waals surface area contributed by atoms with Crippen LogP contribution in [0, 0.1) is 0 Å². The Labute approximate surface area is 101 Å². The molecule has 2 N–H and O–H groups in total. The standard InChI is InChI=1S/C11H20N2O4/c1-6-9(12-7(2)14)5-10(13-8(3)15)11(16-4)17-6/h6,9-11H,5H2,1-4H3,(H,12,14)(H,13,15). The summed E-state index contributed by atoms with van der Waals surface area (Å²) >= 11 is 0. The van der Waals surface area contributed by atoms with Gasteiger partial charge in [-0.2, -0.15) is 0 Å². The molecule has 0 spiro atoms. The Morgan fingerprint density at radius 1 is 1.18 bits per heavy atom. The van der Waals surface area contributed by atoms with Crippen molar-refractivity contribution in [2.24, 2.45) is 0 Å². The van der Waals surface area contributed by atoms with E-state index in [0.29, 0.717) is 6.42 Å². The predicted molar refractivity (Wildman–Crippen MR) is 61.2 cm³/mol. The Hall–Kier alpha value is -1.14. The first-order valence-electron chi connectivity index (χ1n) is 5.66. The van der Waals surface area contributed by atoms with Gasteiger partial charge >= 0.3 is 0 Å². The third-order valence-electron chi connectivity index (χ3n) is 2.76. The first kappa shape index (κ1) is 13.9. The number of nitrogens with one attached hydrogen (secondary N) is 2. The average Bonchev–Trinajstić information content (AvgIpc) is 2.21. The molecule has 0 saturated carbocycles. The number of carbonyl (C=O) groups is 2. The lowest BCUT2D eigenvalue weighted by Gasteiger charge is -2.39. The smallest absolute Gasteiger partial charge is 0.217 e. The fraction of sp³-hybridized carbons (Fsp3) is 0.818. The lowest BCUT2D eigenvalue weighted by molar-refractivity contribution is -0.199. The lowest BCUT2D eigenvalue weighted by atomic mass is 9.98. The van der Waals surface area contributed by atoms with Gasteiger partial charge in [-0.3, -0.25) is 9.59 Å². The summed E-state index contributed by atoms with van der Waals surface area (Å²) in [6, 6.07) is -0.360. The van der Waals surface area contributed by atoms with E-state index in [2.05, 4.69) is 10.6 Å². The average molecular weight is 244 g/mol. The van der Waals surface area contributed by atoms with Crippen LogP contribution in [0.25, 0.3) is 0 Å². The Bertz CT molecular complexity index is 295. The van der Waals surface area contributed by atoms with Crippen LogP contribution in [0.4, 0.5) is 0 Å². The zero-order valence-corrected chi connectivity index (χ0v) is 10.6. The second kappa shape index (κ2) is 5.97. The first-order chi connectivity index (χ1) is 7.93. The van der Waals surface area contributed by atoms with Gasteiger partial charge in [-0.05, 0) is 13.3 Å². The number of methoxy groups -OCH3 is 1. The number of rotatable bonds is 3. The fourth-order valence-electron chi connectivity index (χ4n) is 2.02. The van der Waals surface area contributed by atoms with Crippen molar-refractivity contribution in [3.05, 3.63) is 0 Å². The van der Waals surface area contributed by atoms with E-state index < -0.39 is 6.29 Å². The molecule has 98 valence electrons. The van der Waals surface area contributed by atoms with Crippen molar-refractivity contribution in [1.82, 2.24) is 10.6 Å². The van der Waals surface area contributed by atoms with Gasteiger partial charge in [0, 0.05) is 21.0 Å². The van der Waals surface area contributed by atoms with Gasteiger partial charge in [0.1, 0.15) is 0 Å². The summed E-state index contributed by atoms with van der Waals surface area (Å²) in [4.78, 5) is 22.1. The largest absolute Gasteiger partial charge is 0.354 e. The molecule has 1 heterocycles. The van der Waals surface area contributed by atoms with E-state index in [-0.39, 0.29) is 30.0 Å². The fourth-order valence-corrected chi connectivity index (χ4v) is 2.02. The van der Waals surface area contributed by atoms with Crippen LogP contribution >= 0.6 is 0 Å². The maximum absolute atomic E-state index is 11.1. The van der Waals surface area contributed by atoms with Gasteiger partial charge in [-0.1, -0.05) is 0 Å². The lowest BCUT2D eigenvalue weighted by Crippen LogP contribution is -2.58. The molecule has 1 saturated heterocycles. The molecule has 0 aromatic carbocycles. The van der Waals surface area contributed by atoms with E-state index in [1.165, 1.54) is 21.0 Å². The quantitative estimate of drug-likeness (QED) is 0.719. The molecule has 4 unspecified atom stereocenters. The van der Waals surface area contributed by atoms with Crippen LogP contribution in [-0.4, -0.2) is 43.4 Å². The normalized spacial score (nSPS) is 32.9. The SMILES string of the molecule is COC1OC(C)C(NC(C)=O)CC1NC(C)=O. The van der Waals surface area contributed by atoms with E-state index in [1.807, 2.05) is 6.92 Å². The summed E-state index contributed by atoms with van der Waals surface area (Å²) in [5.41, 5.74) is 0. The van der Waals surface area contributed by atoms with Crippen molar-refractivity contribution in [3.8, 4) is 0 Å². The van der Waals surface area contributed by atoms with Crippen molar-refractivity contribution in [1.29, 1.82) is 0 Å². The molecule has 1 rings (SSSR count). The van der Waals surface area contributed by atoms with Crippen LogP contribution in [0.1, 0.15) is 27.2 Å². The first-order valence-corrected chi connectivity index (χ1v) is 5.66. The Balaban J connectivity index is 2.67. The molecule has 6 nitrogen and oxygen atoms in total. The number of ether oxygens (including phenoxy) is 2. The second-order valence-corrected chi connectivity index (χ2v) is 4.30.